The molecule has 9 nitrogen and oxygen atoms in total. The van der Waals surface area contributed by atoms with Gasteiger partial charge in [0.1, 0.15) is 11.3 Å². The van der Waals surface area contributed by atoms with Gasteiger partial charge in [0.05, 0.1) is 17.0 Å². The number of halogens is 1. The maximum Gasteiger partial charge on any atom is 0.293 e. The van der Waals surface area contributed by atoms with Crippen LogP contribution in [0, 0.1) is 6.92 Å². The van der Waals surface area contributed by atoms with E-state index in [0.717, 1.165) is 11.8 Å². The topological polar surface area (TPSA) is 131 Å². The Kier molecular flexibility index (Phi) is 6.86. The summed E-state index contributed by atoms with van der Waals surface area (Å²) in [5.41, 5.74) is 1.70. The Bertz CT molecular complexity index is 1530. The molecule has 4 rings (SSSR count). The zero-order valence-corrected chi connectivity index (χ0v) is 20.4. The molecule has 0 saturated carbocycles. The number of nitrogens with zero attached hydrogens (tertiary/aromatic N) is 2. The molecule has 0 aliphatic carbocycles. The van der Waals surface area contributed by atoms with Gasteiger partial charge in [-0.3, -0.25) is 9.59 Å². The van der Waals surface area contributed by atoms with Crippen LogP contribution in [0.5, 0.6) is 0 Å². The van der Waals surface area contributed by atoms with Crippen LogP contribution in [-0.4, -0.2) is 36.0 Å². The predicted molar refractivity (Wildman–Crippen MR) is 133 cm³/mol. The molecule has 2 amide bonds. The van der Waals surface area contributed by atoms with Gasteiger partial charge in [-0.2, -0.15) is 0 Å². The molecule has 180 valence electrons. The van der Waals surface area contributed by atoms with Gasteiger partial charge in [-0.05, 0) is 37.6 Å². The first kappa shape index (κ1) is 24.4. The number of aryl methyl sites for hydroxylation is 1. The highest BCUT2D eigenvalue weighted by atomic mass is 35.5. The molecule has 4 aromatic rings. The summed E-state index contributed by atoms with van der Waals surface area (Å²) in [6.07, 6.45) is 1.42. The van der Waals surface area contributed by atoms with Crippen LogP contribution < -0.4 is 10.6 Å². The number of anilines is 2. The van der Waals surface area contributed by atoms with Gasteiger partial charge in [0.25, 0.3) is 11.8 Å². The van der Waals surface area contributed by atoms with Gasteiger partial charge in [-0.1, -0.05) is 48.4 Å². The number of rotatable bonds is 7. The Balaban J connectivity index is 1.71. The molecule has 0 bridgehead atoms. The van der Waals surface area contributed by atoms with Crippen molar-refractivity contribution in [3.8, 4) is 0 Å². The number of sulfone groups is 1. The Morgan fingerprint density at radius 1 is 1.03 bits per heavy atom. The lowest BCUT2D eigenvalue weighted by Crippen LogP contribution is -2.20. The molecule has 11 heteroatoms. The highest BCUT2D eigenvalue weighted by molar-refractivity contribution is 7.91. The second kappa shape index (κ2) is 9.85. The standard InChI is InChI=1S/C24H21ClN4O5S/c1-3-12-35(32,33)24-26-13-17(25)20(29-24)22(30)28-19-16-6-4-5-7-18(16)34-21(19)23(31)27-15-10-8-14(2)9-11-15/h4-11,13H,3,12H2,1-2H3,(H,27,31)(H,28,30). The predicted octanol–water partition coefficient (Wildman–Crippen LogP) is 4.87. The fourth-order valence-electron chi connectivity index (χ4n) is 3.35. The number of para-hydroxylation sites is 1. The molecule has 35 heavy (non-hydrogen) atoms. The summed E-state index contributed by atoms with van der Waals surface area (Å²) in [4.78, 5) is 33.8. The molecule has 0 atom stereocenters. The fraction of sp³-hybridized carbons (Fsp3) is 0.167. The lowest BCUT2D eigenvalue weighted by Gasteiger charge is -2.09. The van der Waals surface area contributed by atoms with Crippen LogP contribution in [0.15, 0.2) is 64.3 Å². The number of carbonyl (C=O) groups is 2. The molecule has 2 N–H and O–H groups in total. The lowest BCUT2D eigenvalue weighted by molar-refractivity contribution is 0.0999. The highest BCUT2D eigenvalue weighted by Gasteiger charge is 2.26. The molecule has 0 aliphatic rings. The quantitative estimate of drug-likeness (QED) is 0.337. The zero-order valence-electron chi connectivity index (χ0n) is 18.8. The number of carbonyl (C=O) groups excluding carboxylic acids is 2. The molecule has 0 saturated heterocycles. The van der Waals surface area contributed by atoms with Gasteiger partial charge < -0.3 is 15.1 Å². The van der Waals surface area contributed by atoms with E-state index in [0.29, 0.717) is 23.1 Å². The molecule has 0 radical (unpaired) electrons. The lowest BCUT2D eigenvalue weighted by atomic mass is 10.2. The van der Waals surface area contributed by atoms with Crippen molar-refractivity contribution in [1.29, 1.82) is 0 Å². The second-order valence-electron chi connectivity index (χ2n) is 7.74. The number of amides is 2. The van der Waals surface area contributed by atoms with E-state index >= 15 is 0 Å². The minimum atomic E-state index is -3.78. The van der Waals surface area contributed by atoms with Crippen LogP contribution >= 0.6 is 11.6 Å². The Labute approximate surface area is 206 Å². The van der Waals surface area contributed by atoms with E-state index in [1.165, 1.54) is 0 Å². The summed E-state index contributed by atoms with van der Waals surface area (Å²) in [7, 11) is -3.78. The molecular weight excluding hydrogens is 492 g/mol. The molecule has 0 aliphatic heterocycles. The maximum absolute atomic E-state index is 13.1. The normalized spacial score (nSPS) is 11.4. The van der Waals surface area contributed by atoms with E-state index < -0.39 is 26.8 Å². The first-order valence-corrected chi connectivity index (χ1v) is 12.7. The Hall–Kier alpha value is -3.76. The van der Waals surface area contributed by atoms with E-state index in [1.54, 1.807) is 43.3 Å². The summed E-state index contributed by atoms with van der Waals surface area (Å²) >= 11 is 6.12. The molecule has 2 heterocycles. The van der Waals surface area contributed by atoms with Gasteiger partial charge in [0, 0.05) is 11.1 Å². The Morgan fingerprint density at radius 2 is 1.74 bits per heavy atom. The van der Waals surface area contributed by atoms with Crippen molar-refractivity contribution in [3.63, 3.8) is 0 Å². The average molecular weight is 513 g/mol. The van der Waals surface area contributed by atoms with Gasteiger partial charge in [0.15, 0.2) is 5.69 Å². The van der Waals surface area contributed by atoms with Gasteiger partial charge in [-0.25, -0.2) is 18.4 Å². The van der Waals surface area contributed by atoms with Crippen LogP contribution in [0.4, 0.5) is 11.4 Å². The first-order valence-electron chi connectivity index (χ1n) is 10.7. The van der Waals surface area contributed by atoms with Gasteiger partial charge >= 0.3 is 0 Å². The van der Waals surface area contributed by atoms with Crippen molar-refractivity contribution >= 4 is 55.6 Å². The van der Waals surface area contributed by atoms with E-state index in [-0.39, 0.29) is 27.9 Å². The van der Waals surface area contributed by atoms with Crippen molar-refractivity contribution in [2.24, 2.45) is 0 Å². The summed E-state index contributed by atoms with van der Waals surface area (Å²) in [5.74, 6) is -1.71. The number of furan rings is 1. The number of aromatic nitrogens is 2. The van der Waals surface area contributed by atoms with E-state index in [9.17, 15) is 18.0 Å². The van der Waals surface area contributed by atoms with Crippen molar-refractivity contribution in [2.75, 3.05) is 16.4 Å². The number of nitrogens with one attached hydrogen (secondary N) is 2. The van der Waals surface area contributed by atoms with Gasteiger partial charge in [-0.15, -0.1) is 0 Å². The highest BCUT2D eigenvalue weighted by Crippen LogP contribution is 2.32. The third kappa shape index (κ3) is 5.18. The molecule has 0 unspecified atom stereocenters. The monoisotopic (exact) mass is 512 g/mol. The SMILES string of the molecule is CCCS(=O)(=O)c1ncc(Cl)c(C(=O)Nc2c(C(=O)Nc3ccc(C)cc3)oc3ccccc23)n1. The van der Waals surface area contributed by atoms with Crippen LogP contribution in [0.3, 0.4) is 0 Å². The van der Waals surface area contributed by atoms with Crippen LogP contribution in [0.1, 0.15) is 40.0 Å². The van der Waals surface area contributed by atoms with E-state index in [1.807, 2.05) is 19.1 Å². The van der Waals surface area contributed by atoms with Crippen LogP contribution in [0.2, 0.25) is 5.02 Å². The van der Waals surface area contributed by atoms with Crippen molar-refractivity contribution in [2.45, 2.75) is 25.4 Å². The smallest absolute Gasteiger partial charge is 0.293 e. The largest absolute Gasteiger partial charge is 0.449 e. The molecular formula is C24H21ClN4O5S. The fourth-order valence-corrected chi connectivity index (χ4v) is 4.69. The Morgan fingerprint density at radius 3 is 2.46 bits per heavy atom. The summed E-state index contributed by atoms with van der Waals surface area (Å²) < 4.78 is 30.5. The minimum absolute atomic E-state index is 0.0999. The summed E-state index contributed by atoms with van der Waals surface area (Å²) in [5, 5.41) is 5.19. The molecule has 0 spiro atoms. The molecule has 2 aromatic heterocycles. The maximum atomic E-state index is 13.1. The summed E-state index contributed by atoms with van der Waals surface area (Å²) in [6, 6.07) is 14.0. The molecule has 2 aromatic carbocycles. The van der Waals surface area contributed by atoms with E-state index in [2.05, 4.69) is 20.6 Å². The van der Waals surface area contributed by atoms with Crippen molar-refractivity contribution in [1.82, 2.24) is 9.97 Å². The van der Waals surface area contributed by atoms with Crippen LogP contribution in [0.25, 0.3) is 11.0 Å². The van der Waals surface area contributed by atoms with Crippen LogP contribution in [-0.2, 0) is 9.84 Å². The average Bonchev–Trinajstić information content (AvgIpc) is 3.19. The minimum Gasteiger partial charge on any atom is -0.449 e. The first-order chi connectivity index (χ1) is 16.7. The van der Waals surface area contributed by atoms with E-state index in [4.69, 9.17) is 16.0 Å². The molecule has 0 fully saturated rings. The zero-order chi connectivity index (χ0) is 25.2. The summed E-state index contributed by atoms with van der Waals surface area (Å²) in [6.45, 7) is 3.63. The van der Waals surface area contributed by atoms with Crippen molar-refractivity contribution in [3.05, 3.63) is 76.8 Å². The number of hydrogen-bond acceptors (Lipinski definition) is 7. The third-order valence-electron chi connectivity index (χ3n) is 5.04. The number of benzene rings is 2. The number of hydrogen-bond donors (Lipinski definition) is 2. The second-order valence-corrected chi connectivity index (χ2v) is 10.2. The van der Waals surface area contributed by atoms with Crippen molar-refractivity contribution < 1.29 is 22.4 Å². The van der Waals surface area contributed by atoms with Gasteiger partial charge in [0.2, 0.25) is 20.8 Å². The third-order valence-corrected chi connectivity index (χ3v) is 7.01. The number of fused-ring (bicyclic) bond motifs is 1.